The number of carbonyl (C=O) groups is 3. The van der Waals surface area contributed by atoms with E-state index in [2.05, 4.69) is 0 Å². The highest BCUT2D eigenvalue weighted by atomic mass is 35.5. The van der Waals surface area contributed by atoms with Gasteiger partial charge in [0.25, 0.3) is 16.8 Å². The van der Waals surface area contributed by atoms with E-state index >= 15 is 0 Å². The smallest absolute Gasteiger partial charge is 0.343 e. The topological polar surface area (TPSA) is 135 Å². The number of non-ortho nitro benzene ring substituents is 1. The third-order valence-corrected chi connectivity index (χ3v) is 7.08. The van der Waals surface area contributed by atoms with Gasteiger partial charge >= 0.3 is 5.97 Å². The number of hydrogen-bond donors (Lipinski definition) is 0. The fourth-order valence-corrected chi connectivity index (χ4v) is 4.94. The van der Waals surface area contributed by atoms with Crippen molar-refractivity contribution in [3.63, 3.8) is 0 Å². The zero-order chi connectivity index (χ0) is 28.4. The second-order valence-corrected chi connectivity index (χ2v) is 9.80. The summed E-state index contributed by atoms with van der Waals surface area (Å²) < 4.78 is 21.7. The number of hydrogen-bond acceptors (Lipinski definition) is 10. The summed E-state index contributed by atoms with van der Waals surface area (Å²) in [5.74, 6) is 0.113. The van der Waals surface area contributed by atoms with Crippen LogP contribution >= 0.6 is 23.4 Å². The average Bonchev–Trinajstić information content (AvgIpc) is 3.49. The van der Waals surface area contributed by atoms with Crippen LogP contribution in [0.1, 0.15) is 28.4 Å². The molecule has 2 heterocycles. The van der Waals surface area contributed by atoms with E-state index in [1.165, 1.54) is 36.4 Å². The predicted octanol–water partition coefficient (Wildman–Crippen LogP) is 5.83. The number of nitro benzene ring substituents is 1. The Morgan fingerprint density at radius 1 is 1.10 bits per heavy atom. The van der Waals surface area contributed by atoms with E-state index in [-0.39, 0.29) is 47.6 Å². The Bertz CT molecular complexity index is 1570. The Balaban J connectivity index is 1.33. The van der Waals surface area contributed by atoms with Gasteiger partial charge in [-0.25, -0.2) is 4.79 Å². The first-order valence-electron chi connectivity index (χ1n) is 11.8. The molecule has 0 saturated carbocycles. The molecule has 0 spiro atoms. The zero-order valence-corrected chi connectivity index (χ0v) is 22.3. The predicted molar refractivity (Wildman–Crippen MR) is 145 cm³/mol. The van der Waals surface area contributed by atoms with Crippen molar-refractivity contribution in [3.8, 4) is 23.0 Å². The largest absolute Gasteiger partial charge is 0.490 e. The molecule has 0 bridgehead atoms. The van der Waals surface area contributed by atoms with Gasteiger partial charge in [-0.15, -0.1) is 0 Å². The van der Waals surface area contributed by atoms with Crippen LogP contribution in [0.25, 0.3) is 6.08 Å². The number of nitro groups is 1. The van der Waals surface area contributed by atoms with Crippen molar-refractivity contribution < 1.29 is 38.3 Å². The highest BCUT2D eigenvalue weighted by molar-refractivity contribution is 8.18. The minimum atomic E-state index is -0.730. The molecule has 0 aliphatic carbocycles. The van der Waals surface area contributed by atoms with Crippen LogP contribution < -0.4 is 18.9 Å². The van der Waals surface area contributed by atoms with Crippen molar-refractivity contribution in [2.75, 3.05) is 13.4 Å². The van der Waals surface area contributed by atoms with Gasteiger partial charge in [0.15, 0.2) is 23.0 Å². The quantitative estimate of drug-likeness (QED) is 0.105. The first-order chi connectivity index (χ1) is 19.2. The van der Waals surface area contributed by atoms with E-state index in [0.29, 0.717) is 27.6 Å². The second kappa shape index (κ2) is 11.3. The summed E-state index contributed by atoms with van der Waals surface area (Å²) in [5, 5.41) is 10.7. The standard InChI is InChI=1S/C27H19ClN2O9S/c1-2-36-21-9-15(3-8-20(21)39-26(32)16-4-6-18(7-5-16)30(34)35)10-24-25(31)29(27(33)40-24)13-17-11-22-23(12-19(17)28)38-14-37-22/h3-12H,2,13-14H2,1H3/b24-10-. The number of amides is 2. The van der Waals surface area contributed by atoms with Gasteiger partial charge in [-0.3, -0.25) is 24.6 Å². The number of carbonyl (C=O) groups excluding carboxylic acids is 3. The van der Waals surface area contributed by atoms with Crippen molar-refractivity contribution in [1.82, 2.24) is 4.90 Å². The molecule has 40 heavy (non-hydrogen) atoms. The summed E-state index contributed by atoms with van der Waals surface area (Å²) in [6.45, 7) is 2.04. The third-order valence-electron chi connectivity index (χ3n) is 5.83. The number of esters is 1. The lowest BCUT2D eigenvalue weighted by atomic mass is 10.1. The molecule has 0 aromatic heterocycles. The molecule has 0 radical (unpaired) electrons. The minimum Gasteiger partial charge on any atom is -0.490 e. The van der Waals surface area contributed by atoms with Crippen molar-refractivity contribution in [2.24, 2.45) is 0 Å². The summed E-state index contributed by atoms with van der Waals surface area (Å²) in [5.41, 5.74) is 1.03. The molecule has 2 aliphatic rings. The van der Waals surface area contributed by atoms with Crippen LogP contribution in [-0.4, -0.2) is 40.3 Å². The minimum absolute atomic E-state index is 0.0425. The molecule has 0 N–H and O–H groups in total. The highest BCUT2D eigenvalue weighted by Gasteiger charge is 2.36. The van der Waals surface area contributed by atoms with Crippen LogP contribution in [0.4, 0.5) is 10.5 Å². The number of thioether (sulfide) groups is 1. The van der Waals surface area contributed by atoms with E-state index in [0.717, 1.165) is 16.7 Å². The van der Waals surface area contributed by atoms with Crippen LogP contribution in [0.15, 0.2) is 59.5 Å². The number of halogens is 1. The van der Waals surface area contributed by atoms with Gasteiger partial charge in [0.1, 0.15) is 0 Å². The van der Waals surface area contributed by atoms with Gasteiger partial charge in [-0.2, -0.15) is 0 Å². The molecule has 1 fully saturated rings. The monoisotopic (exact) mass is 582 g/mol. The van der Waals surface area contributed by atoms with Gasteiger partial charge in [0.05, 0.1) is 28.5 Å². The van der Waals surface area contributed by atoms with Crippen LogP contribution in [0.2, 0.25) is 5.02 Å². The fraction of sp³-hybridized carbons (Fsp3) is 0.148. The Morgan fingerprint density at radius 2 is 1.82 bits per heavy atom. The van der Waals surface area contributed by atoms with Crippen LogP contribution in [0.3, 0.4) is 0 Å². The molecule has 2 aliphatic heterocycles. The summed E-state index contributed by atoms with van der Waals surface area (Å²) in [7, 11) is 0. The summed E-state index contributed by atoms with van der Waals surface area (Å²) in [6, 6.07) is 12.9. The lowest BCUT2D eigenvalue weighted by Gasteiger charge is -2.14. The first kappa shape index (κ1) is 27.0. The lowest BCUT2D eigenvalue weighted by molar-refractivity contribution is -0.384. The van der Waals surface area contributed by atoms with E-state index in [1.54, 1.807) is 31.2 Å². The molecular formula is C27H19ClN2O9S. The SMILES string of the molecule is CCOc1cc(/C=C2\SC(=O)N(Cc3cc4c(cc3Cl)OCO4)C2=O)ccc1OC(=O)c1ccc([N+](=O)[O-])cc1. The van der Waals surface area contributed by atoms with Gasteiger partial charge in [-0.05, 0) is 66.2 Å². The maximum absolute atomic E-state index is 13.1. The summed E-state index contributed by atoms with van der Waals surface area (Å²) in [4.78, 5) is 49.9. The molecule has 0 unspecified atom stereocenters. The molecule has 2 amide bonds. The number of rotatable bonds is 8. The average molecular weight is 583 g/mol. The van der Waals surface area contributed by atoms with Gasteiger partial charge in [0, 0.05) is 23.2 Å². The highest BCUT2D eigenvalue weighted by Crippen LogP contribution is 2.40. The van der Waals surface area contributed by atoms with Crippen molar-refractivity contribution in [3.05, 3.63) is 91.3 Å². The van der Waals surface area contributed by atoms with Gasteiger partial charge in [0.2, 0.25) is 6.79 Å². The van der Waals surface area contributed by atoms with Gasteiger partial charge in [-0.1, -0.05) is 17.7 Å². The molecule has 3 aromatic carbocycles. The number of ether oxygens (including phenoxy) is 4. The molecule has 3 aromatic rings. The fourth-order valence-electron chi connectivity index (χ4n) is 3.88. The molecule has 13 heteroatoms. The molecule has 0 atom stereocenters. The van der Waals surface area contributed by atoms with Crippen molar-refractivity contribution >= 4 is 52.2 Å². The number of imide groups is 1. The number of benzene rings is 3. The normalized spacial score (nSPS) is 15.1. The molecule has 204 valence electrons. The maximum atomic E-state index is 13.1. The third kappa shape index (κ3) is 5.58. The van der Waals surface area contributed by atoms with Crippen LogP contribution in [0.5, 0.6) is 23.0 Å². The van der Waals surface area contributed by atoms with Crippen LogP contribution in [0, 0.1) is 10.1 Å². The van der Waals surface area contributed by atoms with Gasteiger partial charge < -0.3 is 18.9 Å². The zero-order valence-electron chi connectivity index (χ0n) is 20.7. The molecule has 11 nitrogen and oxygen atoms in total. The first-order valence-corrected chi connectivity index (χ1v) is 13.0. The van der Waals surface area contributed by atoms with Crippen molar-refractivity contribution in [1.29, 1.82) is 0 Å². The van der Waals surface area contributed by atoms with E-state index in [4.69, 9.17) is 30.5 Å². The number of fused-ring (bicyclic) bond motifs is 1. The Labute approximate surface area is 236 Å². The lowest BCUT2D eigenvalue weighted by Crippen LogP contribution is -2.27. The number of nitrogens with zero attached hydrogens (tertiary/aromatic N) is 2. The second-order valence-electron chi connectivity index (χ2n) is 8.40. The Kier molecular flexibility index (Phi) is 7.63. The Morgan fingerprint density at radius 3 is 2.52 bits per heavy atom. The maximum Gasteiger partial charge on any atom is 0.343 e. The Hall–Kier alpha value is -4.55. The molecule has 5 rings (SSSR count). The molecule has 1 saturated heterocycles. The van der Waals surface area contributed by atoms with E-state index < -0.39 is 22.0 Å². The van der Waals surface area contributed by atoms with Crippen LogP contribution in [-0.2, 0) is 11.3 Å². The summed E-state index contributed by atoms with van der Waals surface area (Å²) in [6.07, 6.45) is 1.54. The van der Waals surface area contributed by atoms with Crippen molar-refractivity contribution in [2.45, 2.75) is 13.5 Å². The summed E-state index contributed by atoms with van der Waals surface area (Å²) >= 11 is 7.11. The molecular weight excluding hydrogens is 564 g/mol. The van der Waals surface area contributed by atoms with E-state index in [9.17, 15) is 24.5 Å². The van der Waals surface area contributed by atoms with E-state index in [1.807, 2.05) is 0 Å².